The third-order valence-electron chi connectivity index (χ3n) is 2.00. The molecule has 0 atom stereocenters. The van der Waals surface area contributed by atoms with E-state index in [2.05, 4.69) is 13.8 Å². The highest BCUT2D eigenvalue weighted by Crippen LogP contribution is 2.05. The van der Waals surface area contributed by atoms with Gasteiger partial charge in [-0.3, -0.25) is 0 Å². The number of hydrogen-bond acceptors (Lipinski definition) is 2. The Morgan fingerprint density at radius 2 is 1.46 bits per heavy atom. The molecule has 0 amide bonds. The van der Waals surface area contributed by atoms with Crippen molar-refractivity contribution >= 4 is 0 Å². The van der Waals surface area contributed by atoms with Crippen LogP contribution >= 0.6 is 0 Å². The van der Waals surface area contributed by atoms with Crippen molar-refractivity contribution in [3.8, 4) is 0 Å². The minimum atomic E-state index is 0.344. The molecule has 0 saturated heterocycles. The van der Waals surface area contributed by atoms with Gasteiger partial charge in [-0.15, -0.1) is 0 Å². The second-order valence-corrected chi connectivity index (χ2v) is 3.76. The lowest BCUT2D eigenvalue weighted by Crippen LogP contribution is -2.03. The van der Waals surface area contributed by atoms with Crippen LogP contribution in [0.4, 0.5) is 0 Å². The van der Waals surface area contributed by atoms with Crippen LogP contribution in [0, 0.1) is 0 Å². The third kappa shape index (κ3) is 11.9. The number of aliphatic hydroxyl groups is 1. The van der Waals surface area contributed by atoms with E-state index in [1.165, 1.54) is 32.1 Å². The summed E-state index contributed by atoms with van der Waals surface area (Å²) in [6.45, 7) is 5.39. The van der Waals surface area contributed by atoms with Crippen molar-refractivity contribution in [1.29, 1.82) is 0 Å². The van der Waals surface area contributed by atoms with Gasteiger partial charge in [0.1, 0.15) is 0 Å². The fraction of sp³-hybridized carbons (Fsp3) is 1.00. The van der Waals surface area contributed by atoms with Gasteiger partial charge < -0.3 is 9.84 Å². The summed E-state index contributed by atoms with van der Waals surface area (Å²) in [5.74, 6) is 0. The third-order valence-corrected chi connectivity index (χ3v) is 2.00. The molecule has 2 heteroatoms. The maximum atomic E-state index is 8.55. The lowest BCUT2D eigenvalue weighted by atomic mass is 10.1. The monoisotopic (exact) mass is 188 g/mol. The van der Waals surface area contributed by atoms with Gasteiger partial charge in [0.15, 0.2) is 0 Å². The summed E-state index contributed by atoms with van der Waals surface area (Å²) in [6.07, 6.45) is 7.47. The number of hydrogen-bond donors (Lipinski definition) is 1. The van der Waals surface area contributed by atoms with Crippen LogP contribution in [-0.4, -0.2) is 24.4 Å². The summed E-state index contributed by atoms with van der Waals surface area (Å²) in [7, 11) is 0. The molecule has 0 saturated carbocycles. The van der Waals surface area contributed by atoms with Crippen LogP contribution in [0.1, 0.15) is 52.4 Å². The quantitative estimate of drug-likeness (QED) is 0.564. The minimum absolute atomic E-state index is 0.344. The van der Waals surface area contributed by atoms with Gasteiger partial charge in [0.2, 0.25) is 0 Å². The molecule has 0 bridgehead atoms. The second-order valence-electron chi connectivity index (χ2n) is 3.76. The van der Waals surface area contributed by atoms with Crippen LogP contribution in [0.25, 0.3) is 0 Å². The minimum Gasteiger partial charge on any atom is -0.396 e. The van der Waals surface area contributed by atoms with Gasteiger partial charge in [-0.2, -0.15) is 0 Å². The van der Waals surface area contributed by atoms with Crippen molar-refractivity contribution in [1.82, 2.24) is 0 Å². The molecule has 13 heavy (non-hydrogen) atoms. The summed E-state index contributed by atoms with van der Waals surface area (Å²) in [5.41, 5.74) is 0. The standard InChI is InChI=1S/C11H24O2/c1-11(2)13-10-8-6-4-3-5-7-9-12/h11-12H,3-10H2,1-2H3. The fourth-order valence-corrected chi connectivity index (χ4v) is 1.24. The first kappa shape index (κ1) is 12.9. The Hall–Kier alpha value is -0.0800. The van der Waals surface area contributed by atoms with Gasteiger partial charge in [-0.25, -0.2) is 0 Å². The van der Waals surface area contributed by atoms with E-state index in [-0.39, 0.29) is 0 Å². The predicted molar refractivity (Wildman–Crippen MR) is 55.9 cm³/mol. The molecule has 0 aliphatic heterocycles. The molecule has 0 radical (unpaired) electrons. The lowest BCUT2D eigenvalue weighted by molar-refractivity contribution is 0.0756. The fourth-order valence-electron chi connectivity index (χ4n) is 1.24. The first-order chi connectivity index (χ1) is 6.27. The zero-order valence-electron chi connectivity index (χ0n) is 9.09. The number of rotatable bonds is 9. The number of aliphatic hydroxyl groups excluding tert-OH is 1. The van der Waals surface area contributed by atoms with Gasteiger partial charge in [-0.1, -0.05) is 25.7 Å². The second kappa shape index (κ2) is 10.0. The van der Waals surface area contributed by atoms with Crippen LogP contribution < -0.4 is 0 Å². The summed E-state index contributed by atoms with van der Waals surface area (Å²) in [6, 6.07) is 0. The van der Waals surface area contributed by atoms with Gasteiger partial charge in [0.25, 0.3) is 0 Å². The van der Waals surface area contributed by atoms with Crippen molar-refractivity contribution in [3.63, 3.8) is 0 Å². The first-order valence-electron chi connectivity index (χ1n) is 5.50. The molecule has 0 aromatic rings. The molecule has 0 heterocycles. The molecular weight excluding hydrogens is 164 g/mol. The molecule has 0 aromatic heterocycles. The molecule has 2 nitrogen and oxygen atoms in total. The first-order valence-corrected chi connectivity index (χ1v) is 5.50. The van der Waals surface area contributed by atoms with Crippen molar-refractivity contribution in [3.05, 3.63) is 0 Å². The maximum Gasteiger partial charge on any atom is 0.0518 e. The molecule has 80 valence electrons. The molecular formula is C11H24O2. The van der Waals surface area contributed by atoms with Gasteiger partial charge >= 0.3 is 0 Å². The Bertz CT molecular complexity index is 92.1. The zero-order valence-corrected chi connectivity index (χ0v) is 9.09. The van der Waals surface area contributed by atoms with Crippen LogP contribution in [0.2, 0.25) is 0 Å². The van der Waals surface area contributed by atoms with E-state index in [0.29, 0.717) is 12.7 Å². The Morgan fingerprint density at radius 3 is 2.00 bits per heavy atom. The largest absolute Gasteiger partial charge is 0.396 e. The highest BCUT2D eigenvalue weighted by atomic mass is 16.5. The van der Waals surface area contributed by atoms with E-state index in [1.807, 2.05) is 0 Å². The van der Waals surface area contributed by atoms with Crippen LogP contribution in [-0.2, 0) is 4.74 Å². The average molecular weight is 188 g/mol. The molecule has 0 aliphatic carbocycles. The summed E-state index contributed by atoms with van der Waals surface area (Å²) in [5, 5.41) is 8.55. The Labute approximate surface area is 82.3 Å². The number of ether oxygens (including phenoxy) is 1. The van der Waals surface area contributed by atoms with Gasteiger partial charge in [0, 0.05) is 13.2 Å². The SMILES string of the molecule is CC(C)OCCCCCCCCO. The van der Waals surface area contributed by atoms with Crippen LogP contribution in [0.3, 0.4) is 0 Å². The van der Waals surface area contributed by atoms with Crippen molar-refractivity contribution in [2.75, 3.05) is 13.2 Å². The van der Waals surface area contributed by atoms with Crippen molar-refractivity contribution < 1.29 is 9.84 Å². The highest BCUT2D eigenvalue weighted by molar-refractivity contribution is 4.45. The maximum absolute atomic E-state index is 8.55. The Balaban J connectivity index is 2.84. The van der Waals surface area contributed by atoms with E-state index >= 15 is 0 Å². The molecule has 0 spiro atoms. The van der Waals surface area contributed by atoms with E-state index in [1.54, 1.807) is 0 Å². The Kier molecular flexibility index (Phi) is 9.94. The summed E-state index contributed by atoms with van der Waals surface area (Å²) >= 11 is 0. The molecule has 0 unspecified atom stereocenters. The van der Waals surface area contributed by atoms with Crippen LogP contribution in [0.5, 0.6) is 0 Å². The predicted octanol–water partition coefficient (Wildman–Crippen LogP) is 2.74. The number of unbranched alkanes of at least 4 members (excludes halogenated alkanes) is 5. The Morgan fingerprint density at radius 1 is 0.923 bits per heavy atom. The topological polar surface area (TPSA) is 29.5 Å². The molecule has 0 fully saturated rings. The van der Waals surface area contributed by atoms with E-state index < -0.39 is 0 Å². The van der Waals surface area contributed by atoms with Crippen molar-refractivity contribution in [2.45, 2.75) is 58.5 Å². The van der Waals surface area contributed by atoms with E-state index in [0.717, 1.165) is 13.0 Å². The van der Waals surface area contributed by atoms with Gasteiger partial charge in [-0.05, 0) is 26.7 Å². The van der Waals surface area contributed by atoms with E-state index in [9.17, 15) is 0 Å². The van der Waals surface area contributed by atoms with Gasteiger partial charge in [0.05, 0.1) is 6.10 Å². The lowest BCUT2D eigenvalue weighted by Gasteiger charge is -2.06. The summed E-state index contributed by atoms with van der Waals surface area (Å²) < 4.78 is 5.43. The van der Waals surface area contributed by atoms with E-state index in [4.69, 9.17) is 9.84 Å². The molecule has 0 rings (SSSR count). The highest BCUT2D eigenvalue weighted by Gasteiger charge is 1.93. The molecule has 0 aliphatic rings. The normalized spacial score (nSPS) is 11.1. The zero-order chi connectivity index (χ0) is 9.94. The smallest absolute Gasteiger partial charge is 0.0518 e. The summed E-state index contributed by atoms with van der Waals surface area (Å²) in [4.78, 5) is 0. The average Bonchev–Trinajstić information content (AvgIpc) is 2.09. The molecule has 1 N–H and O–H groups in total. The van der Waals surface area contributed by atoms with Crippen LogP contribution in [0.15, 0.2) is 0 Å². The molecule has 0 aromatic carbocycles. The van der Waals surface area contributed by atoms with Crippen molar-refractivity contribution in [2.24, 2.45) is 0 Å².